The van der Waals surface area contributed by atoms with Crippen LogP contribution in [0.25, 0.3) is 0 Å². The van der Waals surface area contributed by atoms with Crippen LogP contribution >= 0.6 is 22.6 Å². The van der Waals surface area contributed by atoms with Gasteiger partial charge < -0.3 is 9.64 Å². The fourth-order valence-corrected chi connectivity index (χ4v) is 2.78. The maximum Gasteiger partial charge on any atom is 0.423 e. The third kappa shape index (κ3) is 4.68. The summed E-state index contributed by atoms with van der Waals surface area (Å²) < 4.78 is 46.6. The van der Waals surface area contributed by atoms with Gasteiger partial charge in [0.2, 0.25) is 11.8 Å². The Morgan fingerprint density at radius 2 is 1.70 bits per heavy atom. The van der Waals surface area contributed by atoms with E-state index in [1.807, 2.05) is 31.2 Å². The van der Waals surface area contributed by atoms with Crippen molar-refractivity contribution >= 4 is 34.2 Å². The fourth-order valence-electron chi connectivity index (χ4n) is 2.42. The van der Waals surface area contributed by atoms with Gasteiger partial charge in [0, 0.05) is 22.0 Å². The zero-order valence-electron chi connectivity index (χ0n) is 14.2. The molecule has 0 unspecified atom stereocenters. The normalized spacial score (nSPS) is 11.3. The number of ether oxygens (including phenoxy) is 1. The second-order valence-electron chi connectivity index (χ2n) is 5.52. The molecule has 1 aromatic heterocycles. The predicted octanol–water partition coefficient (Wildman–Crippen LogP) is 6.05. The number of hydrogen-bond acceptors (Lipinski definition) is 4. The van der Waals surface area contributed by atoms with Crippen LogP contribution in [0.4, 0.5) is 24.8 Å². The summed E-state index contributed by atoms with van der Waals surface area (Å²) in [5, 5.41) is 0. The van der Waals surface area contributed by atoms with Gasteiger partial charge in [0.25, 0.3) is 0 Å². The van der Waals surface area contributed by atoms with Gasteiger partial charge in [0.15, 0.2) is 0 Å². The number of rotatable bonds is 5. The minimum atomic E-state index is -4.62. The summed E-state index contributed by atoms with van der Waals surface area (Å²) in [6.07, 6.45) is -3.86. The van der Waals surface area contributed by atoms with Gasteiger partial charge in [-0.05, 0) is 65.9 Å². The number of anilines is 2. The Labute approximate surface area is 168 Å². The first kappa shape index (κ1) is 19.4. The molecule has 0 saturated carbocycles. The van der Waals surface area contributed by atoms with E-state index in [9.17, 15) is 13.2 Å². The molecule has 0 radical (unpaired) electrons. The Balaban J connectivity index is 2.03. The summed E-state index contributed by atoms with van der Waals surface area (Å²) in [5.74, 6) is -0.120. The Kier molecular flexibility index (Phi) is 5.83. The molecule has 0 aliphatic heterocycles. The van der Waals surface area contributed by atoms with Crippen LogP contribution in [-0.2, 0) is 6.18 Å². The van der Waals surface area contributed by atoms with E-state index >= 15 is 0 Å². The summed E-state index contributed by atoms with van der Waals surface area (Å²) in [5.41, 5.74) is -0.239. The van der Waals surface area contributed by atoms with E-state index in [4.69, 9.17) is 4.74 Å². The molecule has 0 bridgehead atoms. The first-order chi connectivity index (χ1) is 12.9. The lowest BCUT2D eigenvalue weighted by atomic mass is 10.3. The zero-order valence-corrected chi connectivity index (χ0v) is 16.4. The molecular weight excluding hydrogens is 470 g/mol. The first-order valence-electron chi connectivity index (χ1n) is 8.08. The minimum Gasteiger partial charge on any atom is -0.438 e. The van der Waals surface area contributed by atoms with Crippen LogP contribution < -0.4 is 9.64 Å². The smallest absolute Gasteiger partial charge is 0.423 e. The summed E-state index contributed by atoms with van der Waals surface area (Å²) >= 11 is 2.18. The van der Waals surface area contributed by atoms with Crippen molar-refractivity contribution in [2.45, 2.75) is 13.1 Å². The average Bonchev–Trinajstić information content (AvgIpc) is 2.64. The molecule has 140 valence electrons. The summed E-state index contributed by atoms with van der Waals surface area (Å²) in [6.45, 7) is 2.35. The molecule has 4 nitrogen and oxygen atoms in total. The van der Waals surface area contributed by atoms with Gasteiger partial charge in [-0.3, -0.25) is 0 Å². The molecule has 0 spiro atoms. The van der Waals surface area contributed by atoms with Crippen molar-refractivity contribution in [2.75, 3.05) is 11.4 Å². The molecule has 0 atom stereocenters. The zero-order chi connectivity index (χ0) is 19.4. The van der Waals surface area contributed by atoms with Crippen molar-refractivity contribution in [3.8, 4) is 11.6 Å². The highest BCUT2D eigenvalue weighted by molar-refractivity contribution is 14.1. The quantitative estimate of drug-likeness (QED) is 0.413. The Morgan fingerprint density at radius 3 is 2.30 bits per heavy atom. The van der Waals surface area contributed by atoms with E-state index < -0.39 is 17.6 Å². The van der Waals surface area contributed by atoms with Crippen LogP contribution in [0.15, 0.2) is 60.8 Å². The molecule has 3 aromatic rings. The highest BCUT2D eigenvalue weighted by Crippen LogP contribution is 2.38. The highest BCUT2D eigenvalue weighted by atomic mass is 127. The van der Waals surface area contributed by atoms with Gasteiger partial charge in [-0.1, -0.05) is 18.2 Å². The lowest BCUT2D eigenvalue weighted by molar-refractivity contribution is -0.139. The van der Waals surface area contributed by atoms with Crippen LogP contribution in [-0.4, -0.2) is 16.5 Å². The predicted molar refractivity (Wildman–Crippen MR) is 105 cm³/mol. The Morgan fingerprint density at radius 1 is 1.04 bits per heavy atom. The van der Waals surface area contributed by atoms with E-state index in [-0.39, 0.29) is 11.7 Å². The first-order valence-corrected chi connectivity index (χ1v) is 9.16. The topological polar surface area (TPSA) is 38.2 Å². The second kappa shape index (κ2) is 8.12. The van der Waals surface area contributed by atoms with Crippen LogP contribution in [0.3, 0.4) is 0 Å². The molecule has 0 amide bonds. The van der Waals surface area contributed by atoms with Crippen LogP contribution in [0, 0.1) is 3.57 Å². The van der Waals surface area contributed by atoms with Crippen molar-refractivity contribution in [1.82, 2.24) is 9.97 Å². The third-order valence-electron chi connectivity index (χ3n) is 3.70. The molecule has 0 N–H and O–H groups in total. The molecule has 27 heavy (non-hydrogen) atoms. The maximum absolute atomic E-state index is 13.4. The Hall–Kier alpha value is -2.36. The number of benzene rings is 2. The molecule has 8 heteroatoms. The summed E-state index contributed by atoms with van der Waals surface area (Å²) in [4.78, 5) is 9.72. The number of nitrogens with zero attached hydrogens (tertiary/aromatic N) is 3. The van der Waals surface area contributed by atoms with Crippen molar-refractivity contribution in [2.24, 2.45) is 0 Å². The third-order valence-corrected chi connectivity index (χ3v) is 4.42. The van der Waals surface area contributed by atoms with E-state index in [1.54, 1.807) is 35.2 Å². The fraction of sp³-hybridized carbons (Fsp3) is 0.158. The number of alkyl halides is 3. The van der Waals surface area contributed by atoms with Gasteiger partial charge in [0.05, 0.1) is 0 Å². The number of hydrogen-bond donors (Lipinski definition) is 0. The Bertz CT molecular complexity index is 902. The van der Waals surface area contributed by atoms with Crippen LogP contribution in [0.2, 0.25) is 0 Å². The van der Waals surface area contributed by atoms with Crippen molar-refractivity contribution < 1.29 is 17.9 Å². The van der Waals surface area contributed by atoms with Gasteiger partial charge in [-0.15, -0.1) is 0 Å². The number of halogens is 4. The number of para-hydroxylation sites is 1. The molecular formula is C19H15F3IN3O. The van der Waals surface area contributed by atoms with Crippen molar-refractivity contribution in [3.05, 3.63) is 69.9 Å². The van der Waals surface area contributed by atoms with Gasteiger partial charge >= 0.3 is 6.18 Å². The SMILES string of the molecule is CCN(c1ccc(I)cc1)c1ncc(C(F)(F)F)c(Oc2ccccc2)n1. The van der Waals surface area contributed by atoms with E-state index in [0.29, 0.717) is 6.54 Å². The summed E-state index contributed by atoms with van der Waals surface area (Å²) in [6, 6.07) is 15.8. The van der Waals surface area contributed by atoms with E-state index in [1.165, 1.54) is 0 Å². The van der Waals surface area contributed by atoms with Crippen molar-refractivity contribution in [1.29, 1.82) is 0 Å². The second-order valence-corrected chi connectivity index (χ2v) is 6.77. The molecule has 0 aliphatic carbocycles. The van der Waals surface area contributed by atoms with Crippen molar-refractivity contribution in [3.63, 3.8) is 0 Å². The van der Waals surface area contributed by atoms with Gasteiger partial charge in [0.1, 0.15) is 11.3 Å². The maximum atomic E-state index is 13.4. The van der Waals surface area contributed by atoms with Gasteiger partial charge in [-0.2, -0.15) is 18.2 Å². The molecule has 1 heterocycles. The van der Waals surface area contributed by atoms with Gasteiger partial charge in [-0.25, -0.2) is 4.98 Å². The molecule has 2 aromatic carbocycles. The number of aromatic nitrogens is 2. The standard InChI is InChI=1S/C19H15F3IN3O/c1-2-26(14-10-8-13(23)9-11-14)18-24-12-16(19(20,21)22)17(25-18)27-15-6-4-3-5-7-15/h3-12H,2H2,1H3. The summed E-state index contributed by atoms with van der Waals surface area (Å²) in [7, 11) is 0. The van der Waals surface area contributed by atoms with Crippen LogP contribution in [0.5, 0.6) is 11.6 Å². The van der Waals surface area contributed by atoms with Crippen LogP contribution in [0.1, 0.15) is 12.5 Å². The largest absolute Gasteiger partial charge is 0.438 e. The molecule has 3 rings (SSSR count). The van der Waals surface area contributed by atoms with E-state index in [0.717, 1.165) is 15.5 Å². The molecule has 0 saturated heterocycles. The molecule has 0 aliphatic rings. The average molecular weight is 485 g/mol. The monoisotopic (exact) mass is 485 g/mol. The lowest BCUT2D eigenvalue weighted by Gasteiger charge is -2.22. The molecule has 0 fully saturated rings. The van der Waals surface area contributed by atoms with E-state index in [2.05, 4.69) is 32.6 Å². The highest BCUT2D eigenvalue weighted by Gasteiger charge is 2.37. The lowest BCUT2D eigenvalue weighted by Crippen LogP contribution is -2.20. The minimum absolute atomic E-state index is 0.137.